The number of hydrogen-bond acceptors (Lipinski definition) is 8. The van der Waals surface area contributed by atoms with Crippen molar-refractivity contribution in [2.75, 3.05) is 6.61 Å². The number of ether oxygens (including phenoxy) is 3. The highest BCUT2D eigenvalue weighted by Crippen LogP contribution is 2.36. The molecule has 0 aliphatic carbocycles. The van der Waals surface area contributed by atoms with Crippen LogP contribution in [0.25, 0.3) is 16.6 Å². The van der Waals surface area contributed by atoms with Crippen LogP contribution in [0.2, 0.25) is 5.02 Å². The summed E-state index contributed by atoms with van der Waals surface area (Å²) in [7, 11) is 0.785. The van der Waals surface area contributed by atoms with Crippen LogP contribution in [-0.4, -0.2) is 31.7 Å². The molecule has 15 heteroatoms. The second-order valence-electron chi connectivity index (χ2n) is 8.78. The number of carbonyl (C=O) groups is 1. The van der Waals surface area contributed by atoms with Crippen LogP contribution in [0.5, 0.6) is 23.1 Å². The molecule has 43 heavy (non-hydrogen) atoms. The Kier molecular flexibility index (Phi) is 7.87. The first kappa shape index (κ1) is 29.3. The molecule has 0 saturated heterocycles. The van der Waals surface area contributed by atoms with E-state index in [-0.39, 0.29) is 43.4 Å². The van der Waals surface area contributed by atoms with Crippen molar-refractivity contribution in [1.29, 1.82) is 0 Å². The van der Waals surface area contributed by atoms with Crippen LogP contribution in [0.3, 0.4) is 0 Å². The number of aromatic nitrogens is 4. The van der Waals surface area contributed by atoms with E-state index in [4.69, 9.17) is 25.8 Å². The van der Waals surface area contributed by atoms with Gasteiger partial charge in [0.25, 0.3) is 11.4 Å². The van der Waals surface area contributed by atoms with E-state index in [1.54, 1.807) is 36.5 Å². The van der Waals surface area contributed by atoms with E-state index in [1.165, 1.54) is 18.3 Å². The van der Waals surface area contributed by atoms with Gasteiger partial charge in [0, 0.05) is 37.0 Å². The molecule has 0 N–H and O–H groups in total. The molecule has 0 aliphatic heterocycles. The van der Waals surface area contributed by atoms with Crippen molar-refractivity contribution in [3.63, 3.8) is 0 Å². The Balaban J connectivity index is 1.40. The Morgan fingerprint density at radius 2 is 1.65 bits per heavy atom. The second-order valence-corrected chi connectivity index (χ2v) is 9.19. The fourth-order valence-electron chi connectivity index (χ4n) is 4.01. The van der Waals surface area contributed by atoms with E-state index in [0.717, 1.165) is 18.5 Å². The molecule has 0 radical (unpaired) electrons. The summed E-state index contributed by atoms with van der Waals surface area (Å²) in [6, 6.07) is 13.1. The van der Waals surface area contributed by atoms with E-state index >= 15 is 0 Å². The topological polar surface area (TPSA) is 115 Å². The molecule has 0 unspecified atom stereocenters. The molecule has 5 aromatic rings. The number of carbonyl (C=O) groups excluding carboxylic acids is 1. The van der Waals surface area contributed by atoms with E-state index in [1.807, 2.05) is 0 Å². The number of nitrogens with zero attached hydrogens (tertiary/aromatic N) is 4. The number of para-hydroxylation sites is 1. The summed E-state index contributed by atoms with van der Waals surface area (Å²) in [5.74, 6) is -2.41. The van der Waals surface area contributed by atoms with Gasteiger partial charge >= 0.3 is 17.8 Å². The van der Waals surface area contributed by atoms with Gasteiger partial charge in [-0.15, -0.1) is 0 Å². The molecular weight excluding hydrogens is 600 g/mol. The molecule has 0 bridgehead atoms. The number of fused-ring (bicyclic) bond motifs is 1. The number of rotatable bonds is 7. The average Bonchev–Trinajstić information content (AvgIpc) is 2.96. The van der Waals surface area contributed by atoms with Crippen LogP contribution in [0.15, 0.2) is 82.6 Å². The smallest absolute Gasteiger partial charge is 0.431 e. The fourth-order valence-corrected chi connectivity index (χ4v) is 4.19. The zero-order chi connectivity index (χ0) is 30.9. The second kappa shape index (κ2) is 11.6. The van der Waals surface area contributed by atoms with E-state index < -0.39 is 47.2 Å². The van der Waals surface area contributed by atoms with Gasteiger partial charge < -0.3 is 14.2 Å². The predicted octanol–water partition coefficient (Wildman–Crippen LogP) is 5.07. The van der Waals surface area contributed by atoms with E-state index in [0.29, 0.717) is 11.6 Å². The number of hydrogen-bond donors (Lipinski definition) is 0. The monoisotopic (exact) mass is 616 g/mol. The minimum absolute atomic E-state index is 0.116. The Bertz CT molecular complexity index is 1990. The van der Waals surface area contributed by atoms with Gasteiger partial charge in [-0.1, -0.05) is 29.8 Å². The summed E-state index contributed by atoms with van der Waals surface area (Å²) >= 11 is 6.13. The molecule has 0 aliphatic rings. The first-order valence-corrected chi connectivity index (χ1v) is 12.5. The molecule has 2 aromatic carbocycles. The molecule has 5 rings (SSSR count). The van der Waals surface area contributed by atoms with Gasteiger partial charge in [-0.2, -0.15) is 13.2 Å². The lowest BCUT2D eigenvalue weighted by atomic mass is 10.2. The van der Waals surface area contributed by atoms with Crippen LogP contribution in [0, 0.1) is 5.82 Å². The highest BCUT2D eigenvalue weighted by molar-refractivity contribution is 6.32. The van der Waals surface area contributed by atoms with Crippen molar-refractivity contribution in [1.82, 2.24) is 19.1 Å². The summed E-state index contributed by atoms with van der Waals surface area (Å²) in [4.78, 5) is 45.9. The highest BCUT2D eigenvalue weighted by atomic mass is 35.5. The molecule has 0 saturated carbocycles. The number of alkyl halides is 3. The maximum atomic E-state index is 14.9. The lowest BCUT2D eigenvalue weighted by Gasteiger charge is -2.16. The van der Waals surface area contributed by atoms with Gasteiger partial charge in [-0.3, -0.25) is 14.3 Å². The predicted molar refractivity (Wildman–Crippen MR) is 144 cm³/mol. The summed E-state index contributed by atoms with van der Waals surface area (Å²) in [5, 5.41) is 0.428. The molecule has 0 fully saturated rings. The Hall–Kier alpha value is -5.24. The number of halogens is 5. The van der Waals surface area contributed by atoms with Crippen LogP contribution in [0.4, 0.5) is 17.6 Å². The number of esters is 1. The lowest BCUT2D eigenvalue weighted by Crippen LogP contribution is -2.41. The molecule has 3 aromatic heterocycles. The quantitative estimate of drug-likeness (QED) is 0.142. The standard InChI is InChI=1S/C28H17ClF4N4O6/c1-36-22(28(31,32)33)13-23(38)37(27(36)40)18-12-21(16(29)11-17(18)30)42-20-8-4-10-35-26(20)41-14-24(39)43-19-7-2-5-15-6-3-9-34-25(15)19/h2-13H,14H2,1H3. The Morgan fingerprint density at radius 1 is 0.953 bits per heavy atom. The third kappa shape index (κ3) is 6.04. The summed E-state index contributed by atoms with van der Waals surface area (Å²) < 4.78 is 71.5. The third-order valence-electron chi connectivity index (χ3n) is 5.96. The third-order valence-corrected chi connectivity index (χ3v) is 6.25. The van der Waals surface area contributed by atoms with Gasteiger partial charge in [-0.05, 0) is 30.3 Å². The van der Waals surface area contributed by atoms with Gasteiger partial charge in [0.1, 0.15) is 22.8 Å². The van der Waals surface area contributed by atoms with Gasteiger partial charge in [0.2, 0.25) is 0 Å². The minimum Gasteiger partial charge on any atom is -0.463 e. The first-order valence-electron chi connectivity index (χ1n) is 12.1. The van der Waals surface area contributed by atoms with E-state index in [9.17, 15) is 31.9 Å². The zero-order valence-corrected chi connectivity index (χ0v) is 22.5. The zero-order valence-electron chi connectivity index (χ0n) is 21.8. The van der Waals surface area contributed by atoms with Crippen molar-refractivity contribution < 1.29 is 36.6 Å². The molecule has 0 atom stereocenters. The molecule has 220 valence electrons. The van der Waals surface area contributed by atoms with Crippen molar-refractivity contribution in [2.24, 2.45) is 7.05 Å². The normalized spacial score (nSPS) is 11.4. The molecule has 0 spiro atoms. The van der Waals surface area contributed by atoms with Gasteiger partial charge in [0.05, 0.1) is 10.7 Å². The molecular formula is C28H17ClF4N4O6. The van der Waals surface area contributed by atoms with Crippen LogP contribution in [-0.2, 0) is 18.0 Å². The minimum atomic E-state index is -5.01. The average molecular weight is 617 g/mol. The summed E-state index contributed by atoms with van der Waals surface area (Å²) in [5.41, 5.74) is -4.68. The summed E-state index contributed by atoms with van der Waals surface area (Å²) in [6.45, 7) is -0.615. The summed E-state index contributed by atoms with van der Waals surface area (Å²) in [6.07, 6.45) is -2.13. The molecule has 10 nitrogen and oxygen atoms in total. The SMILES string of the molecule is Cn1c(C(F)(F)F)cc(=O)n(-c2cc(Oc3cccnc3OCC(=O)Oc3cccc4cccnc34)c(Cl)cc2F)c1=O. The maximum absolute atomic E-state index is 14.9. The number of pyridine rings is 2. The molecule has 0 amide bonds. The lowest BCUT2D eigenvalue weighted by molar-refractivity contribution is -0.144. The van der Waals surface area contributed by atoms with Crippen molar-refractivity contribution in [3.8, 4) is 28.8 Å². The van der Waals surface area contributed by atoms with Crippen LogP contribution in [0.1, 0.15) is 5.69 Å². The van der Waals surface area contributed by atoms with Crippen molar-refractivity contribution in [3.05, 3.63) is 110 Å². The Morgan fingerprint density at radius 3 is 2.42 bits per heavy atom. The van der Waals surface area contributed by atoms with Gasteiger partial charge in [0.15, 0.2) is 18.1 Å². The van der Waals surface area contributed by atoms with Crippen molar-refractivity contribution >= 4 is 28.5 Å². The van der Waals surface area contributed by atoms with E-state index in [2.05, 4.69) is 9.97 Å². The van der Waals surface area contributed by atoms with Crippen LogP contribution < -0.4 is 25.5 Å². The first-order chi connectivity index (χ1) is 20.4. The largest absolute Gasteiger partial charge is 0.463 e. The number of benzene rings is 2. The fraction of sp³-hybridized carbons (Fsp3) is 0.107. The van der Waals surface area contributed by atoms with Gasteiger partial charge in [-0.25, -0.2) is 23.5 Å². The van der Waals surface area contributed by atoms with Crippen LogP contribution >= 0.6 is 11.6 Å². The highest BCUT2D eigenvalue weighted by Gasteiger charge is 2.35. The Labute approximate surface area is 243 Å². The maximum Gasteiger partial charge on any atom is 0.431 e. The molecule has 3 heterocycles. The van der Waals surface area contributed by atoms with Crippen molar-refractivity contribution in [2.45, 2.75) is 6.18 Å².